The summed E-state index contributed by atoms with van der Waals surface area (Å²) in [7, 11) is -9.89. The SMILES string of the molecule is CCCCCCCCCCCCC(=O)OC[C@H](COP(=O)(O)OC[C@H](O)COP(=O)(O)OC[C@@H](COC(=O)CCCCCCCCCCC(C)C)OC(=O)CCCCCCCCCCCCC(C)C)OC(=O)CCCCCCCCC(C)CC. The van der Waals surface area contributed by atoms with E-state index >= 15 is 0 Å². The van der Waals surface area contributed by atoms with Crippen molar-refractivity contribution >= 4 is 39.5 Å². The zero-order chi connectivity index (χ0) is 62.4. The van der Waals surface area contributed by atoms with Crippen molar-refractivity contribution in [2.45, 2.75) is 336 Å². The molecule has 0 aliphatic heterocycles. The Kier molecular flexibility index (Phi) is 55.0. The van der Waals surface area contributed by atoms with E-state index in [9.17, 15) is 43.2 Å². The van der Waals surface area contributed by atoms with Crippen LogP contribution < -0.4 is 0 Å². The van der Waals surface area contributed by atoms with E-state index in [0.29, 0.717) is 25.7 Å². The van der Waals surface area contributed by atoms with E-state index in [0.717, 1.165) is 108 Å². The number of unbranched alkanes of at least 4 members (excludes halogenated alkanes) is 30. The maximum absolute atomic E-state index is 13.0. The number of carbonyl (C=O) groups is 4. The van der Waals surface area contributed by atoms with Crippen LogP contribution in [0.15, 0.2) is 0 Å². The highest BCUT2D eigenvalue weighted by Gasteiger charge is 2.30. The third-order valence-electron chi connectivity index (χ3n) is 15.2. The fraction of sp³-hybridized carbons (Fsp3) is 0.938. The molecule has 3 N–H and O–H groups in total. The van der Waals surface area contributed by atoms with Crippen molar-refractivity contribution in [1.29, 1.82) is 0 Å². The lowest BCUT2D eigenvalue weighted by Crippen LogP contribution is -2.30. The number of rotatable bonds is 63. The lowest BCUT2D eigenvalue weighted by atomic mass is 10.00. The van der Waals surface area contributed by atoms with Gasteiger partial charge < -0.3 is 33.8 Å². The van der Waals surface area contributed by atoms with Crippen molar-refractivity contribution < 1.29 is 80.2 Å². The van der Waals surface area contributed by atoms with Crippen LogP contribution in [-0.2, 0) is 65.4 Å². The Bertz CT molecular complexity index is 1670. The van der Waals surface area contributed by atoms with Crippen molar-refractivity contribution in [1.82, 2.24) is 0 Å². The van der Waals surface area contributed by atoms with Gasteiger partial charge in [0, 0.05) is 25.7 Å². The van der Waals surface area contributed by atoms with Crippen LogP contribution >= 0.6 is 15.6 Å². The molecule has 498 valence electrons. The molecule has 0 rings (SSSR count). The second-order valence-electron chi connectivity index (χ2n) is 24.7. The number of hydrogen-bond acceptors (Lipinski definition) is 15. The number of hydrogen-bond donors (Lipinski definition) is 3. The van der Waals surface area contributed by atoms with Gasteiger partial charge in [0.05, 0.1) is 26.4 Å². The predicted octanol–water partition coefficient (Wildman–Crippen LogP) is 17.9. The molecule has 0 heterocycles. The van der Waals surface area contributed by atoms with Gasteiger partial charge >= 0.3 is 39.5 Å². The Balaban J connectivity index is 5.25. The van der Waals surface area contributed by atoms with E-state index in [-0.39, 0.29) is 25.7 Å². The summed E-state index contributed by atoms with van der Waals surface area (Å²) >= 11 is 0. The molecule has 17 nitrogen and oxygen atoms in total. The minimum Gasteiger partial charge on any atom is -0.462 e. The van der Waals surface area contributed by atoms with Crippen LogP contribution in [0.3, 0.4) is 0 Å². The average molecular weight is 1240 g/mol. The number of ether oxygens (including phenoxy) is 4. The first-order valence-corrected chi connectivity index (χ1v) is 36.9. The van der Waals surface area contributed by atoms with Crippen molar-refractivity contribution in [3.05, 3.63) is 0 Å². The summed E-state index contributed by atoms with van der Waals surface area (Å²) in [6.07, 6.45) is 37.6. The van der Waals surface area contributed by atoms with Crippen molar-refractivity contribution in [3.63, 3.8) is 0 Å². The molecule has 0 aromatic heterocycles. The number of aliphatic hydroxyl groups is 1. The molecule has 6 atom stereocenters. The quantitative estimate of drug-likeness (QED) is 0.0222. The first-order chi connectivity index (χ1) is 40.3. The Morgan fingerprint density at radius 2 is 0.607 bits per heavy atom. The molecule has 0 spiro atoms. The molecule has 0 aliphatic rings. The highest BCUT2D eigenvalue weighted by molar-refractivity contribution is 7.47. The Morgan fingerprint density at radius 3 is 0.905 bits per heavy atom. The molecule has 3 unspecified atom stereocenters. The number of aliphatic hydroxyl groups excluding tert-OH is 1. The maximum atomic E-state index is 13.0. The zero-order valence-corrected chi connectivity index (χ0v) is 56.1. The van der Waals surface area contributed by atoms with Crippen molar-refractivity contribution in [2.75, 3.05) is 39.6 Å². The average Bonchev–Trinajstić information content (AvgIpc) is 3.57. The number of phosphoric ester groups is 2. The number of carbonyl (C=O) groups excluding carboxylic acids is 4. The molecule has 0 aromatic carbocycles. The van der Waals surface area contributed by atoms with Crippen molar-refractivity contribution in [3.8, 4) is 0 Å². The zero-order valence-electron chi connectivity index (χ0n) is 54.4. The predicted molar refractivity (Wildman–Crippen MR) is 335 cm³/mol. The van der Waals surface area contributed by atoms with Gasteiger partial charge in [-0.25, -0.2) is 9.13 Å². The van der Waals surface area contributed by atoms with Crippen LogP contribution in [0, 0.1) is 17.8 Å². The monoisotopic (exact) mass is 1240 g/mol. The van der Waals surface area contributed by atoms with Crippen LogP contribution in [0.5, 0.6) is 0 Å². The molecule has 0 radical (unpaired) electrons. The molecular formula is C65H126O17P2. The summed E-state index contributed by atoms with van der Waals surface area (Å²) in [6, 6.07) is 0. The summed E-state index contributed by atoms with van der Waals surface area (Å²) in [5.74, 6) is 0.0617. The normalized spacial score (nSPS) is 14.7. The summed E-state index contributed by atoms with van der Waals surface area (Å²) < 4.78 is 68.0. The van der Waals surface area contributed by atoms with E-state index in [1.54, 1.807) is 0 Å². The highest BCUT2D eigenvalue weighted by atomic mass is 31.2. The summed E-state index contributed by atoms with van der Waals surface area (Å²) in [5.41, 5.74) is 0. The fourth-order valence-electron chi connectivity index (χ4n) is 9.62. The minimum atomic E-state index is -4.95. The highest BCUT2D eigenvalue weighted by Crippen LogP contribution is 2.45. The van der Waals surface area contributed by atoms with Gasteiger partial charge in [-0.1, -0.05) is 267 Å². The summed E-state index contributed by atoms with van der Waals surface area (Å²) in [5, 5.41) is 10.5. The molecule has 0 amide bonds. The van der Waals surface area contributed by atoms with Gasteiger partial charge in [0.25, 0.3) is 0 Å². The first-order valence-electron chi connectivity index (χ1n) is 33.9. The Morgan fingerprint density at radius 1 is 0.345 bits per heavy atom. The van der Waals surface area contributed by atoms with Gasteiger partial charge in [-0.05, 0) is 43.4 Å². The van der Waals surface area contributed by atoms with Crippen molar-refractivity contribution in [2.24, 2.45) is 17.8 Å². The molecule has 84 heavy (non-hydrogen) atoms. The molecule has 19 heteroatoms. The first kappa shape index (κ1) is 82.1. The molecule has 0 saturated carbocycles. The largest absolute Gasteiger partial charge is 0.472 e. The van der Waals surface area contributed by atoms with Crippen LogP contribution in [-0.4, -0.2) is 96.7 Å². The minimum absolute atomic E-state index is 0.103. The second-order valence-corrected chi connectivity index (χ2v) is 27.6. The Hall–Kier alpha value is -1.94. The summed E-state index contributed by atoms with van der Waals surface area (Å²) in [4.78, 5) is 72.2. The molecule has 0 aliphatic carbocycles. The molecular weight excluding hydrogens is 1110 g/mol. The summed E-state index contributed by atoms with van der Waals surface area (Å²) in [6.45, 7) is 11.7. The lowest BCUT2D eigenvalue weighted by Gasteiger charge is -2.21. The molecule has 0 bridgehead atoms. The fourth-order valence-corrected chi connectivity index (χ4v) is 11.2. The van der Waals surface area contributed by atoms with E-state index in [2.05, 4.69) is 48.5 Å². The lowest BCUT2D eigenvalue weighted by molar-refractivity contribution is -0.161. The Labute approximate surface area is 511 Å². The van der Waals surface area contributed by atoms with Gasteiger partial charge in [0.2, 0.25) is 0 Å². The second kappa shape index (κ2) is 56.3. The molecule has 0 fully saturated rings. The van der Waals surface area contributed by atoms with Crippen LogP contribution in [0.4, 0.5) is 0 Å². The van der Waals surface area contributed by atoms with Gasteiger partial charge in [-0.2, -0.15) is 0 Å². The standard InChI is InChI=1S/C65H126O17P2/c1-8-10-11-12-13-14-18-24-32-39-46-62(67)75-53-61(82-65(70)49-42-35-28-27-31-38-45-58(7)9-2)55-80-84(73,74)78-51-59(66)50-77-83(71,72)79-54-60(52-76-63(68)47-40-33-25-21-20-23-30-37-44-57(5)6)81-64(69)48-41-34-26-19-16-15-17-22-29-36-43-56(3)4/h56-61,66H,8-55H2,1-7H3,(H,71,72)(H,73,74)/t58?,59-,60-,61-/m1/s1. The van der Waals surface area contributed by atoms with Crippen LogP contribution in [0.1, 0.15) is 318 Å². The smallest absolute Gasteiger partial charge is 0.462 e. The van der Waals surface area contributed by atoms with Gasteiger partial charge in [0.15, 0.2) is 12.2 Å². The maximum Gasteiger partial charge on any atom is 0.472 e. The molecule has 0 saturated heterocycles. The van der Waals surface area contributed by atoms with Crippen LogP contribution in [0.25, 0.3) is 0 Å². The van der Waals surface area contributed by atoms with Crippen LogP contribution in [0.2, 0.25) is 0 Å². The number of esters is 4. The molecule has 0 aromatic rings. The van der Waals surface area contributed by atoms with E-state index in [1.165, 1.54) is 128 Å². The number of phosphoric acid groups is 2. The van der Waals surface area contributed by atoms with Gasteiger partial charge in [-0.15, -0.1) is 0 Å². The van der Waals surface area contributed by atoms with Gasteiger partial charge in [0.1, 0.15) is 19.3 Å². The third-order valence-corrected chi connectivity index (χ3v) is 17.1. The van der Waals surface area contributed by atoms with Gasteiger partial charge in [-0.3, -0.25) is 37.3 Å². The topological polar surface area (TPSA) is 237 Å². The van der Waals surface area contributed by atoms with E-state index < -0.39 is 97.5 Å². The van der Waals surface area contributed by atoms with E-state index in [4.69, 9.17) is 37.0 Å². The third kappa shape index (κ3) is 57.8. The van der Waals surface area contributed by atoms with E-state index in [1.807, 2.05) is 0 Å².